The van der Waals surface area contributed by atoms with Crippen molar-refractivity contribution in [2.75, 3.05) is 43.4 Å². The fraction of sp³-hybridized carbons (Fsp3) is 0.500. The molecular weight excluding hydrogens is 372 g/mol. The lowest BCUT2D eigenvalue weighted by Gasteiger charge is -2.35. The number of hydrogen-bond acceptors (Lipinski definition) is 7. The van der Waals surface area contributed by atoms with E-state index in [1.165, 1.54) is 4.70 Å². The molecule has 28 heavy (non-hydrogen) atoms. The third-order valence-corrected chi connectivity index (χ3v) is 6.03. The molecule has 4 heterocycles. The zero-order valence-electron chi connectivity index (χ0n) is 16.7. The van der Waals surface area contributed by atoms with Gasteiger partial charge in [-0.1, -0.05) is 0 Å². The third kappa shape index (κ3) is 4.29. The molecule has 1 saturated heterocycles. The predicted molar refractivity (Wildman–Crippen MR) is 116 cm³/mol. The van der Waals surface area contributed by atoms with Crippen LogP contribution >= 0.6 is 11.3 Å². The number of aromatic nitrogens is 3. The summed E-state index contributed by atoms with van der Waals surface area (Å²) < 4.78 is 7.01. The molecule has 150 valence electrons. The van der Waals surface area contributed by atoms with Gasteiger partial charge in [-0.2, -0.15) is 5.10 Å². The predicted octanol–water partition coefficient (Wildman–Crippen LogP) is 3.64. The average Bonchev–Trinajstić information content (AvgIpc) is 3.30. The van der Waals surface area contributed by atoms with Crippen molar-refractivity contribution in [1.82, 2.24) is 20.1 Å². The van der Waals surface area contributed by atoms with Crippen LogP contribution in [0, 0.1) is 0 Å². The Bertz CT molecular complexity index is 899. The summed E-state index contributed by atoms with van der Waals surface area (Å²) >= 11 is 1.74. The van der Waals surface area contributed by atoms with Crippen LogP contribution in [0.3, 0.4) is 0 Å². The molecule has 0 bridgehead atoms. The van der Waals surface area contributed by atoms with Crippen LogP contribution in [0.5, 0.6) is 0 Å². The molecule has 0 aromatic carbocycles. The zero-order valence-corrected chi connectivity index (χ0v) is 17.5. The van der Waals surface area contributed by atoms with E-state index < -0.39 is 0 Å². The van der Waals surface area contributed by atoms with Crippen molar-refractivity contribution in [3.63, 3.8) is 0 Å². The van der Waals surface area contributed by atoms with E-state index in [0.717, 1.165) is 60.3 Å². The van der Waals surface area contributed by atoms with E-state index in [1.54, 1.807) is 17.5 Å². The molecule has 0 saturated carbocycles. The Morgan fingerprint density at radius 1 is 1.25 bits per heavy atom. The van der Waals surface area contributed by atoms with Crippen LogP contribution in [0.4, 0.5) is 11.5 Å². The van der Waals surface area contributed by atoms with Crippen LogP contribution in [-0.4, -0.2) is 65.0 Å². The molecule has 0 unspecified atom stereocenters. The Morgan fingerprint density at radius 3 is 2.79 bits per heavy atom. The van der Waals surface area contributed by atoms with Gasteiger partial charge in [0.1, 0.15) is 5.82 Å². The van der Waals surface area contributed by atoms with E-state index in [2.05, 4.69) is 58.6 Å². The molecule has 2 atom stereocenters. The van der Waals surface area contributed by atoms with Crippen molar-refractivity contribution < 1.29 is 4.74 Å². The smallest absolute Gasteiger partial charge is 0.128 e. The van der Waals surface area contributed by atoms with E-state index in [-0.39, 0.29) is 0 Å². The van der Waals surface area contributed by atoms with Gasteiger partial charge in [0.25, 0.3) is 0 Å². The van der Waals surface area contributed by atoms with Crippen LogP contribution in [0.15, 0.2) is 24.4 Å². The first-order valence-corrected chi connectivity index (χ1v) is 10.7. The molecule has 0 spiro atoms. The van der Waals surface area contributed by atoms with Crippen LogP contribution in [0.2, 0.25) is 0 Å². The maximum atomic E-state index is 5.83. The number of fused-ring (bicyclic) bond motifs is 1. The van der Waals surface area contributed by atoms with Gasteiger partial charge in [0.2, 0.25) is 0 Å². The fourth-order valence-corrected chi connectivity index (χ4v) is 4.83. The molecule has 1 fully saturated rings. The topological polar surface area (TPSA) is 78.1 Å². The summed E-state index contributed by atoms with van der Waals surface area (Å²) in [5.41, 5.74) is 3.16. The summed E-state index contributed by atoms with van der Waals surface area (Å²) in [5, 5.41) is 14.1. The van der Waals surface area contributed by atoms with Gasteiger partial charge in [-0.15, -0.1) is 11.3 Å². The quantitative estimate of drug-likeness (QED) is 0.562. The van der Waals surface area contributed by atoms with Gasteiger partial charge in [0.05, 0.1) is 38.7 Å². The van der Waals surface area contributed by atoms with E-state index in [9.17, 15) is 0 Å². The minimum absolute atomic E-state index is 0.297. The number of H-pyrrole nitrogens is 1. The molecule has 3 aromatic rings. The molecule has 3 aromatic heterocycles. The molecule has 0 radical (unpaired) electrons. The van der Waals surface area contributed by atoms with Gasteiger partial charge >= 0.3 is 0 Å². The van der Waals surface area contributed by atoms with Crippen molar-refractivity contribution in [3.05, 3.63) is 24.4 Å². The highest BCUT2D eigenvalue weighted by Crippen LogP contribution is 2.37. The van der Waals surface area contributed by atoms with Gasteiger partial charge in [0.15, 0.2) is 0 Å². The number of hydrogen-bond donors (Lipinski definition) is 3. The molecule has 4 rings (SSSR count). The molecule has 0 aliphatic carbocycles. The first-order valence-electron chi connectivity index (χ1n) is 9.92. The number of aromatic amines is 1. The standard InChI is InChI=1S/C20H28N6OS/c1-4-21-19-10-16(22-7-8-26-11-13(2)27-14(3)12-26)20-17(24-19)9-18(28-20)15-5-6-23-25-15/h5-6,9-10,13-14H,4,7-8,11-12H2,1-3H3,(H,23,25)(H2,21,22,24)/t13-,14+. The maximum absolute atomic E-state index is 5.83. The first kappa shape index (κ1) is 19.2. The molecule has 0 amide bonds. The number of anilines is 2. The van der Waals surface area contributed by atoms with Crippen LogP contribution in [0.25, 0.3) is 20.8 Å². The van der Waals surface area contributed by atoms with Crippen LogP contribution in [0.1, 0.15) is 20.8 Å². The molecule has 1 aliphatic heterocycles. The second-order valence-electron chi connectivity index (χ2n) is 7.32. The number of nitrogens with one attached hydrogen (secondary N) is 3. The normalized spacial score (nSPS) is 20.5. The van der Waals surface area contributed by atoms with E-state index in [4.69, 9.17) is 9.72 Å². The summed E-state index contributed by atoms with van der Waals surface area (Å²) in [6.07, 6.45) is 2.37. The van der Waals surface area contributed by atoms with Gasteiger partial charge < -0.3 is 15.4 Å². The SMILES string of the molecule is CCNc1cc(NCCN2C[C@@H](C)O[C@@H](C)C2)c2sc(-c3ccn[nH]3)cc2n1. The van der Waals surface area contributed by atoms with Crippen molar-refractivity contribution in [1.29, 1.82) is 0 Å². The highest BCUT2D eigenvalue weighted by atomic mass is 32.1. The lowest BCUT2D eigenvalue weighted by atomic mass is 10.2. The second kappa shape index (κ2) is 8.46. The average molecular weight is 401 g/mol. The lowest BCUT2D eigenvalue weighted by molar-refractivity contribution is -0.0667. The highest BCUT2D eigenvalue weighted by molar-refractivity contribution is 7.22. The van der Waals surface area contributed by atoms with Gasteiger partial charge in [0, 0.05) is 45.0 Å². The largest absolute Gasteiger partial charge is 0.382 e. The van der Waals surface area contributed by atoms with Crippen molar-refractivity contribution in [3.8, 4) is 10.6 Å². The third-order valence-electron chi connectivity index (χ3n) is 4.84. The summed E-state index contributed by atoms with van der Waals surface area (Å²) in [7, 11) is 0. The fourth-order valence-electron chi connectivity index (χ4n) is 3.77. The van der Waals surface area contributed by atoms with Crippen molar-refractivity contribution >= 4 is 33.1 Å². The zero-order chi connectivity index (χ0) is 19.5. The van der Waals surface area contributed by atoms with E-state index >= 15 is 0 Å². The number of thiophene rings is 1. The Kier molecular flexibility index (Phi) is 5.79. The minimum Gasteiger partial charge on any atom is -0.382 e. The maximum Gasteiger partial charge on any atom is 0.128 e. The van der Waals surface area contributed by atoms with Crippen LogP contribution < -0.4 is 10.6 Å². The highest BCUT2D eigenvalue weighted by Gasteiger charge is 2.21. The number of ether oxygens (including phenoxy) is 1. The molecule has 3 N–H and O–H groups in total. The van der Waals surface area contributed by atoms with E-state index in [0.29, 0.717) is 12.2 Å². The summed E-state index contributed by atoms with van der Waals surface area (Å²) in [4.78, 5) is 8.39. The Hall–Kier alpha value is -2.16. The lowest BCUT2D eigenvalue weighted by Crippen LogP contribution is -2.46. The van der Waals surface area contributed by atoms with E-state index in [1.807, 2.05) is 6.07 Å². The number of nitrogens with zero attached hydrogens (tertiary/aromatic N) is 3. The van der Waals surface area contributed by atoms with Gasteiger partial charge in [-0.05, 0) is 32.9 Å². The Labute approximate surface area is 169 Å². The Balaban J connectivity index is 1.52. The molecular formula is C20H28N6OS. The monoisotopic (exact) mass is 400 g/mol. The van der Waals surface area contributed by atoms with Crippen molar-refractivity contribution in [2.45, 2.75) is 33.0 Å². The molecule has 7 nitrogen and oxygen atoms in total. The van der Waals surface area contributed by atoms with Crippen LogP contribution in [-0.2, 0) is 4.74 Å². The number of morpholine rings is 1. The summed E-state index contributed by atoms with van der Waals surface area (Å²) in [6, 6.07) is 6.23. The summed E-state index contributed by atoms with van der Waals surface area (Å²) in [6.45, 7) is 11.1. The molecule has 1 aliphatic rings. The van der Waals surface area contributed by atoms with Gasteiger partial charge in [-0.25, -0.2) is 4.98 Å². The number of rotatable bonds is 7. The summed E-state index contributed by atoms with van der Waals surface area (Å²) in [5.74, 6) is 0.903. The second-order valence-corrected chi connectivity index (χ2v) is 8.38. The first-order chi connectivity index (χ1) is 13.6. The van der Waals surface area contributed by atoms with Gasteiger partial charge in [-0.3, -0.25) is 10.00 Å². The minimum atomic E-state index is 0.297. The Morgan fingerprint density at radius 2 is 2.07 bits per heavy atom. The molecule has 8 heteroatoms. The number of pyridine rings is 1. The van der Waals surface area contributed by atoms with Crippen molar-refractivity contribution in [2.24, 2.45) is 0 Å².